The number of hydrogen-bond donors (Lipinski definition) is 1. The van der Waals surface area contributed by atoms with Crippen LogP contribution in [0.4, 0.5) is 5.69 Å². The van der Waals surface area contributed by atoms with Crippen molar-refractivity contribution in [1.29, 1.82) is 0 Å². The van der Waals surface area contributed by atoms with Crippen LogP contribution in [0.2, 0.25) is 0 Å². The third-order valence-electron chi connectivity index (χ3n) is 3.99. The molecule has 1 saturated carbocycles. The second-order valence-corrected chi connectivity index (χ2v) is 5.30. The van der Waals surface area contributed by atoms with Gasteiger partial charge in [0, 0.05) is 19.1 Å². The molecule has 18 heavy (non-hydrogen) atoms. The Balaban J connectivity index is 2.26. The number of anilines is 1. The highest BCUT2D eigenvalue weighted by Crippen LogP contribution is 2.33. The van der Waals surface area contributed by atoms with E-state index >= 15 is 0 Å². The van der Waals surface area contributed by atoms with E-state index in [1.807, 2.05) is 6.07 Å². The summed E-state index contributed by atoms with van der Waals surface area (Å²) in [6, 6.07) is 7.00. The van der Waals surface area contributed by atoms with Gasteiger partial charge in [-0.1, -0.05) is 18.9 Å². The number of benzene rings is 1. The van der Waals surface area contributed by atoms with Crippen LogP contribution < -0.4 is 15.4 Å². The third-order valence-corrected chi connectivity index (χ3v) is 3.99. The second-order valence-electron chi connectivity index (χ2n) is 5.30. The van der Waals surface area contributed by atoms with Gasteiger partial charge >= 0.3 is 0 Å². The van der Waals surface area contributed by atoms with Crippen molar-refractivity contribution in [2.45, 2.75) is 44.7 Å². The van der Waals surface area contributed by atoms with Crippen molar-refractivity contribution >= 4 is 5.69 Å². The van der Waals surface area contributed by atoms with Gasteiger partial charge in [0.25, 0.3) is 0 Å². The molecule has 0 saturated heterocycles. The van der Waals surface area contributed by atoms with Crippen molar-refractivity contribution in [3.63, 3.8) is 0 Å². The van der Waals surface area contributed by atoms with Gasteiger partial charge in [-0.2, -0.15) is 0 Å². The molecule has 2 N–H and O–H groups in total. The first-order valence-corrected chi connectivity index (χ1v) is 6.76. The maximum absolute atomic E-state index is 6.26. The van der Waals surface area contributed by atoms with Gasteiger partial charge in [-0.3, -0.25) is 0 Å². The molecule has 0 aromatic heterocycles. The predicted molar refractivity (Wildman–Crippen MR) is 76.4 cm³/mol. The molecule has 1 aromatic rings. The Bertz CT molecular complexity index is 405. The summed E-state index contributed by atoms with van der Waals surface area (Å²) in [4.78, 5) is 2.30. The van der Waals surface area contributed by atoms with Crippen LogP contribution in [0.5, 0.6) is 5.75 Å². The molecule has 2 unspecified atom stereocenters. The van der Waals surface area contributed by atoms with Crippen LogP contribution in [0, 0.1) is 6.92 Å². The summed E-state index contributed by atoms with van der Waals surface area (Å²) in [5.41, 5.74) is 8.67. The first kappa shape index (κ1) is 13.2. The van der Waals surface area contributed by atoms with Gasteiger partial charge in [0.1, 0.15) is 5.75 Å². The zero-order chi connectivity index (χ0) is 13.1. The Labute approximate surface area is 110 Å². The summed E-state index contributed by atoms with van der Waals surface area (Å²) >= 11 is 0. The lowest BCUT2D eigenvalue weighted by Crippen LogP contribution is -2.48. The van der Waals surface area contributed by atoms with Gasteiger partial charge in [0.05, 0.1) is 12.8 Å². The van der Waals surface area contributed by atoms with E-state index in [0.717, 1.165) is 17.9 Å². The Morgan fingerprint density at radius 3 is 2.67 bits per heavy atom. The third kappa shape index (κ3) is 2.61. The zero-order valence-corrected chi connectivity index (χ0v) is 11.6. The highest BCUT2D eigenvalue weighted by atomic mass is 16.5. The van der Waals surface area contributed by atoms with Gasteiger partial charge < -0.3 is 15.4 Å². The predicted octanol–water partition coefficient (Wildman–Crippen LogP) is 2.71. The minimum atomic E-state index is 0.272. The Hall–Kier alpha value is -1.22. The van der Waals surface area contributed by atoms with E-state index in [0.29, 0.717) is 6.04 Å². The maximum atomic E-state index is 6.26. The fraction of sp³-hybridized carbons (Fsp3) is 0.600. The van der Waals surface area contributed by atoms with Crippen LogP contribution in [0.15, 0.2) is 18.2 Å². The summed E-state index contributed by atoms with van der Waals surface area (Å²) in [5, 5.41) is 0. The molecule has 1 aliphatic rings. The number of nitrogens with two attached hydrogens (primary N) is 1. The zero-order valence-electron chi connectivity index (χ0n) is 11.6. The van der Waals surface area contributed by atoms with E-state index in [4.69, 9.17) is 10.5 Å². The number of nitrogens with zero attached hydrogens (tertiary/aromatic N) is 1. The topological polar surface area (TPSA) is 38.5 Å². The van der Waals surface area contributed by atoms with E-state index in [1.54, 1.807) is 7.11 Å². The van der Waals surface area contributed by atoms with Gasteiger partial charge in [0.15, 0.2) is 0 Å². The molecule has 0 amide bonds. The van der Waals surface area contributed by atoms with Gasteiger partial charge in [0.2, 0.25) is 0 Å². The van der Waals surface area contributed by atoms with E-state index in [-0.39, 0.29) is 6.04 Å². The summed E-state index contributed by atoms with van der Waals surface area (Å²) < 4.78 is 5.47. The molecule has 0 aliphatic heterocycles. The smallest absolute Gasteiger partial charge is 0.142 e. The normalized spacial score (nSPS) is 23.8. The molecule has 1 fully saturated rings. The van der Waals surface area contributed by atoms with Gasteiger partial charge in [-0.15, -0.1) is 0 Å². The van der Waals surface area contributed by atoms with Crippen LogP contribution >= 0.6 is 0 Å². The quantitative estimate of drug-likeness (QED) is 0.894. The standard InChI is InChI=1S/C15H24N2O/c1-11-8-9-15(18-3)14(10-11)17(2)13-7-5-4-6-12(13)16/h8-10,12-13H,4-7,16H2,1-3H3. The van der Waals surface area contributed by atoms with E-state index in [2.05, 4.69) is 31.0 Å². The summed E-state index contributed by atoms with van der Waals surface area (Å²) in [5.74, 6) is 0.931. The molecule has 100 valence electrons. The Morgan fingerprint density at radius 2 is 2.00 bits per heavy atom. The highest BCUT2D eigenvalue weighted by molar-refractivity contribution is 5.60. The van der Waals surface area contributed by atoms with Crippen LogP contribution in [0.1, 0.15) is 31.2 Å². The van der Waals surface area contributed by atoms with Gasteiger partial charge in [-0.25, -0.2) is 0 Å². The Morgan fingerprint density at radius 1 is 1.28 bits per heavy atom. The van der Waals surface area contributed by atoms with Crippen molar-refractivity contribution < 1.29 is 4.74 Å². The fourth-order valence-corrected chi connectivity index (χ4v) is 2.88. The van der Waals surface area contributed by atoms with Crippen molar-refractivity contribution in [1.82, 2.24) is 0 Å². The van der Waals surface area contributed by atoms with Crippen LogP contribution in [0.3, 0.4) is 0 Å². The van der Waals surface area contributed by atoms with E-state index < -0.39 is 0 Å². The lowest BCUT2D eigenvalue weighted by atomic mass is 9.89. The molecule has 1 aromatic carbocycles. The molecule has 0 bridgehead atoms. The van der Waals surface area contributed by atoms with Crippen molar-refractivity contribution in [2.75, 3.05) is 19.1 Å². The highest BCUT2D eigenvalue weighted by Gasteiger charge is 2.27. The minimum absolute atomic E-state index is 0.272. The van der Waals surface area contributed by atoms with E-state index in [9.17, 15) is 0 Å². The lowest BCUT2D eigenvalue weighted by Gasteiger charge is -2.38. The molecule has 2 atom stereocenters. The minimum Gasteiger partial charge on any atom is -0.495 e. The average Bonchev–Trinajstić information content (AvgIpc) is 2.38. The number of aryl methyl sites for hydroxylation is 1. The van der Waals surface area contributed by atoms with E-state index in [1.165, 1.54) is 24.8 Å². The van der Waals surface area contributed by atoms with Crippen LogP contribution in [0.25, 0.3) is 0 Å². The molecule has 2 rings (SSSR count). The first-order valence-electron chi connectivity index (χ1n) is 6.76. The van der Waals surface area contributed by atoms with Crippen LogP contribution in [-0.4, -0.2) is 26.2 Å². The number of ether oxygens (including phenoxy) is 1. The summed E-state index contributed by atoms with van der Waals surface area (Å²) in [6.07, 6.45) is 4.84. The maximum Gasteiger partial charge on any atom is 0.142 e. The average molecular weight is 248 g/mol. The SMILES string of the molecule is COc1ccc(C)cc1N(C)C1CCCCC1N. The first-order chi connectivity index (χ1) is 8.63. The van der Waals surface area contributed by atoms with Crippen LogP contribution in [-0.2, 0) is 0 Å². The molecule has 0 spiro atoms. The molecule has 3 heteroatoms. The molecule has 3 nitrogen and oxygen atoms in total. The molecule has 1 aliphatic carbocycles. The summed E-state index contributed by atoms with van der Waals surface area (Å²) in [7, 11) is 3.86. The van der Waals surface area contributed by atoms with Crippen molar-refractivity contribution in [3.8, 4) is 5.75 Å². The number of methoxy groups -OCH3 is 1. The molecular weight excluding hydrogens is 224 g/mol. The van der Waals surface area contributed by atoms with Gasteiger partial charge in [-0.05, 0) is 37.5 Å². The molecule has 0 heterocycles. The fourth-order valence-electron chi connectivity index (χ4n) is 2.88. The number of likely N-dealkylation sites (N-methyl/N-ethyl adjacent to an activating group) is 1. The van der Waals surface area contributed by atoms with Crippen molar-refractivity contribution in [3.05, 3.63) is 23.8 Å². The Kier molecular flexibility index (Phi) is 4.12. The molecular formula is C15H24N2O. The monoisotopic (exact) mass is 248 g/mol. The second kappa shape index (κ2) is 5.61. The van der Waals surface area contributed by atoms with Crippen molar-refractivity contribution in [2.24, 2.45) is 5.73 Å². The largest absolute Gasteiger partial charge is 0.495 e. The lowest BCUT2D eigenvalue weighted by molar-refractivity contribution is 0.367. The number of hydrogen-bond acceptors (Lipinski definition) is 3. The number of rotatable bonds is 3. The summed E-state index contributed by atoms with van der Waals surface area (Å²) in [6.45, 7) is 2.11. The molecule has 0 radical (unpaired) electrons.